The van der Waals surface area contributed by atoms with Crippen LogP contribution >= 0.6 is 0 Å². The number of hydrogen-bond acceptors (Lipinski definition) is 0. The third-order valence-corrected chi connectivity index (χ3v) is 10.8. The molecule has 0 aliphatic rings. The van der Waals surface area contributed by atoms with Gasteiger partial charge in [-0.2, -0.15) is 0 Å². The average molecular weight is 719 g/mol. The average Bonchev–Trinajstić information content (AvgIpc) is 3.86. The summed E-state index contributed by atoms with van der Waals surface area (Å²) >= 11 is 0. The lowest BCUT2D eigenvalue weighted by molar-refractivity contribution is 1.18. The van der Waals surface area contributed by atoms with Gasteiger partial charge in [0.1, 0.15) is 0 Å². The van der Waals surface area contributed by atoms with Gasteiger partial charge in [0.05, 0.1) is 30.3 Å². The zero-order valence-corrected chi connectivity index (χ0v) is 30.2. The molecule has 0 N–H and O–H groups in total. The van der Waals surface area contributed by atoms with Crippen LogP contribution in [0.1, 0.15) is 8.22 Å². The lowest BCUT2D eigenvalue weighted by atomic mass is 9.99. The number of aromatic nitrogens is 2. The minimum Gasteiger partial charge on any atom is -0.309 e. The van der Waals surface area contributed by atoms with Crippen LogP contribution in [0.5, 0.6) is 0 Å². The van der Waals surface area contributed by atoms with E-state index in [4.69, 9.17) is 0 Å². The summed E-state index contributed by atoms with van der Waals surface area (Å²) < 4.78 is 62.4. The Kier molecular flexibility index (Phi) is 6.20. The van der Waals surface area contributed by atoms with Gasteiger partial charge in [-0.1, -0.05) is 158 Å². The van der Waals surface area contributed by atoms with Gasteiger partial charge in [-0.05, 0) is 105 Å². The molecule has 0 atom stereocenters. The number of rotatable bonds is 6. The molecule has 0 amide bonds. The first-order valence-electron chi connectivity index (χ1n) is 21.8. The van der Waals surface area contributed by atoms with E-state index in [1.807, 2.05) is 167 Å². The summed E-state index contributed by atoms with van der Waals surface area (Å²) in [7, 11) is 0. The van der Waals surface area contributed by atoms with Crippen LogP contribution in [-0.2, 0) is 0 Å². The van der Waals surface area contributed by atoms with Crippen LogP contribution < -0.4 is 0 Å². The molecule has 56 heavy (non-hydrogen) atoms. The molecule has 0 saturated heterocycles. The van der Waals surface area contributed by atoms with E-state index in [9.17, 15) is 8.22 Å². The molecule has 2 heteroatoms. The molecule has 2 heterocycles. The number of hydrogen-bond donors (Lipinski definition) is 0. The van der Waals surface area contributed by atoms with Crippen LogP contribution in [0.2, 0.25) is 0 Å². The minimum absolute atomic E-state index is 0.00131. The van der Waals surface area contributed by atoms with Gasteiger partial charge < -0.3 is 9.13 Å². The Labute approximate surface area is 334 Å². The fraction of sp³-hybridized carbons (Fsp3) is 0. The van der Waals surface area contributed by atoms with Gasteiger partial charge in [-0.3, -0.25) is 0 Å². The van der Waals surface area contributed by atoms with Crippen molar-refractivity contribution in [3.63, 3.8) is 0 Å². The van der Waals surface area contributed by atoms with E-state index in [-0.39, 0.29) is 47.4 Å². The monoisotopic (exact) mass is 718 g/mol. The molecule has 0 spiro atoms. The normalized spacial score (nSPS) is 13.1. The standard InChI is InChI=1S/C54H36N2/c1-4-13-37(14-5-1)40-23-28-45(29-24-40)55-52-31-26-43(35-50(52)48-30-25-44(36-54(48)55)39-17-8-3-9-18-39)42-27-32-53-49(34-42)47-21-10-11-22-51(47)56(53)46-20-12-19-41(33-46)38-15-6-2-7-16-38/h1-36H/i26D,27D,31D,32D,34D,35D. The third-order valence-electron chi connectivity index (χ3n) is 10.8. The van der Waals surface area contributed by atoms with Gasteiger partial charge in [-0.15, -0.1) is 0 Å². The zero-order valence-electron chi connectivity index (χ0n) is 36.2. The number of fused-ring (bicyclic) bond motifs is 6. The van der Waals surface area contributed by atoms with Gasteiger partial charge in [0.15, 0.2) is 0 Å². The molecule has 0 radical (unpaired) electrons. The van der Waals surface area contributed by atoms with Crippen molar-refractivity contribution >= 4 is 43.6 Å². The quantitative estimate of drug-likeness (QED) is 0.162. The van der Waals surface area contributed by atoms with Crippen LogP contribution in [0.4, 0.5) is 0 Å². The molecule has 11 aromatic rings. The van der Waals surface area contributed by atoms with Crippen molar-refractivity contribution < 1.29 is 8.22 Å². The summed E-state index contributed by atoms with van der Waals surface area (Å²) in [6.45, 7) is 0. The van der Waals surface area contributed by atoms with E-state index >= 15 is 0 Å². The highest BCUT2D eigenvalue weighted by Gasteiger charge is 2.17. The topological polar surface area (TPSA) is 9.86 Å². The van der Waals surface area contributed by atoms with Crippen molar-refractivity contribution in [2.45, 2.75) is 0 Å². The van der Waals surface area contributed by atoms with Crippen molar-refractivity contribution in [2.24, 2.45) is 0 Å². The van der Waals surface area contributed by atoms with Crippen LogP contribution in [0.25, 0.3) is 99.5 Å². The van der Waals surface area contributed by atoms with E-state index in [1.54, 1.807) is 0 Å². The van der Waals surface area contributed by atoms with Crippen LogP contribution in [0.15, 0.2) is 218 Å². The smallest absolute Gasteiger partial charge is 0.0645 e. The second-order valence-corrected chi connectivity index (χ2v) is 14.1. The summed E-state index contributed by atoms with van der Waals surface area (Å²) in [5, 5.41) is 2.35. The second-order valence-electron chi connectivity index (χ2n) is 14.1. The number of para-hydroxylation sites is 1. The summed E-state index contributed by atoms with van der Waals surface area (Å²) in [5.41, 5.74) is 10.0. The Balaban J connectivity index is 1.18. The van der Waals surface area contributed by atoms with Crippen molar-refractivity contribution in [1.82, 2.24) is 9.13 Å². The molecule has 262 valence electrons. The molecular weight excluding hydrogens is 677 g/mol. The van der Waals surface area contributed by atoms with E-state index in [0.717, 1.165) is 61.2 Å². The first-order valence-corrected chi connectivity index (χ1v) is 18.8. The SMILES string of the molecule is [2H]c1c(-c2c([2H])c([2H])c3c(c2[2H])c2ccc(-c4ccccc4)cc2n3-c2ccc(-c3ccccc3)cc2)c([2H])c2c3ccccc3n(-c3cccc(-c4ccccc4)c3)c2c1[2H]. The van der Waals surface area contributed by atoms with Gasteiger partial charge in [-0.25, -0.2) is 0 Å². The highest BCUT2D eigenvalue weighted by Crippen LogP contribution is 2.40. The predicted molar refractivity (Wildman–Crippen MR) is 237 cm³/mol. The van der Waals surface area contributed by atoms with Crippen molar-refractivity contribution in [3.05, 3.63) is 218 Å². The van der Waals surface area contributed by atoms with E-state index < -0.39 is 0 Å². The fourth-order valence-electron chi connectivity index (χ4n) is 8.06. The maximum atomic E-state index is 9.97. The molecule has 11 rings (SSSR count). The van der Waals surface area contributed by atoms with Crippen LogP contribution in [0.3, 0.4) is 0 Å². The highest BCUT2D eigenvalue weighted by molar-refractivity contribution is 6.13. The highest BCUT2D eigenvalue weighted by atomic mass is 15.0. The lowest BCUT2D eigenvalue weighted by Crippen LogP contribution is -1.94. The molecule has 9 aromatic carbocycles. The Morgan fingerprint density at radius 2 is 0.732 bits per heavy atom. The molecule has 0 aliphatic carbocycles. The van der Waals surface area contributed by atoms with E-state index in [0.29, 0.717) is 27.2 Å². The second kappa shape index (κ2) is 13.2. The number of benzene rings is 9. The Morgan fingerprint density at radius 1 is 0.268 bits per heavy atom. The van der Waals surface area contributed by atoms with Gasteiger partial charge in [0, 0.05) is 32.9 Å². The maximum absolute atomic E-state index is 9.97. The van der Waals surface area contributed by atoms with Crippen LogP contribution in [-0.4, -0.2) is 9.13 Å². The summed E-state index contributed by atoms with van der Waals surface area (Å²) in [5.74, 6) is 0. The summed E-state index contributed by atoms with van der Waals surface area (Å²) in [6, 6.07) is 59.2. The first-order chi connectivity index (χ1) is 30.3. The lowest BCUT2D eigenvalue weighted by Gasteiger charge is -2.11. The Hall–Kier alpha value is -7.42. The van der Waals surface area contributed by atoms with Gasteiger partial charge >= 0.3 is 0 Å². The molecule has 2 aromatic heterocycles. The Bertz CT molecular complexity index is 3560. The van der Waals surface area contributed by atoms with Crippen molar-refractivity contribution in [3.8, 4) is 55.9 Å². The number of nitrogens with zero attached hydrogens (tertiary/aromatic N) is 2. The van der Waals surface area contributed by atoms with Crippen LogP contribution in [0, 0.1) is 0 Å². The summed E-state index contributed by atoms with van der Waals surface area (Å²) in [4.78, 5) is 0. The maximum Gasteiger partial charge on any atom is 0.0645 e. The fourth-order valence-corrected chi connectivity index (χ4v) is 8.06. The predicted octanol–water partition coefficient (Wildman–Crippen LogP) is 14.5. The molecular formula is C54H36N2. The van der Waals surface area contributed by atoms with Crippen molar-refractivity contribution in [1.29, 1.82) is 0 Å². The molecule has 0 aliphatic heterocycles. The molecule has 0 unspecified atom stereocenters. The zero-order chi connectivity index (χ0) is 42.2. The summed E-state index contributed by atoms with van der Waals surface area (Å²) in [6.07, 6.45) is 0. The minimum atomic E-state index is -0.268. The van der Waals surface area contributed by atoms with E-state index in [2.05, 4.69) is 24.3 Å². The molecule has 0 saturated carbocycles. The molecule has 0 bridgehead atoms. The largest absolute Gasteiger partial charge is 0.309 e. The van der Waals surface area contributed by atoms with Gasteiger partial charge in [0.25, 0.3) is 0 Å². The van der Waals surface area contributed by atoms with E-state index in [1.165, 1.54) is 0 Å². The van der Waals surface area contributed by atoms with Gasteiger partial charge in [0.2, 0.25) is 0 Å². The molecule has 0 fully saturated rings. The third kappa shape index (κ3) is 5.34. The first kappa shape index (κ1) is 26.4. The molecule has 2 nitrogen and oxygen atoms in total. The Morgan fingerprint density at radius 3 is 1.36 bits per heavy atom. The van der Waals surface area contributed by atoms with Crippen molar-refractivity contribution in [2.75, 3.05) is 0 Å².